The molecule has 0 aromatic carbocycles. The number of fused-ring (bicyclic) bond motifs is 1. The standard InChI is InChI=1S/C17H27N5O4/c1-5-8-21(9-6-2)10-12-18-15-14(16(24)19-17(25)20(15)4)22(12)11-13(23)26-7-3/h5-11H2,1-4H3,(H,19,24,25)/p+1. The summed E-state index contributed by atoms with van der Waals surface area (Å²) in [7, 11) is 1.55. The van der Waals surface area contributed by atoms with E-state index in [0.29, 0.717) is 12.4 Å². The van der Waals surface area contributed by atoms with Gasteiger partial charge in [-0.05, 0) is 19.8 Å². The van der Waals surface area contributed by atoms with Gasteiger partial charge in [-0.15, -0.1) is 0 Å². The van der Waals surface area contributed by atoms with Gasteiger partial charge in [-0.1, -0.05) is 13.8 Å². The van der Waals surface area contributed by atoms with E-state index in [1.807, 2.05) is 0 Å². The lowest BCUT2D eigenvalue weighted by molar-refractivity contribution is -0.914. The highest BCUT2D eigenvalue weighted by Crippen LogP contribution is 2.10. The number of quaternary nitrogens is 1. The number of aromatic nitrogens is 4. The van der Waals surface area contributed by atoms with Gasteiger partial charge < -0.3 is 14.2 Å². The molecule has 0 saturated carbocycles. The molecule has 0 spiro atoms. The third kappa shape index (κ3) is 4.21. The van der Waals surface area contributed by atoms with Gasteiger partial charge >= 0.3 is 11.7 Å². The van der Waals surface area contributed by atoms with Crippen LogP contribution in [0.2, 0.25) is 0 Å². The second-order valence-electron chi connectivity index (χ2n) is 6.34. The highest BCUT2D eigenvalue weighted by atomic mass is 16.5. The average Bonchev–Trinajstić information content (AvgIpc) is 2.92. The van der Waals surface area contributed by atoms with Crippen LogP contribution in [0.4, 0.5) is 0 Å². The van der Waals surface area contributed by atoms with Gasteiger partial charge in [0, 0.05) is 7.05 Å². The molecule has 9 heteroatoms. The second kappa shape index (κ2) is 8.79. The molecular formula is C17H28N5O4+. The molecule has 0 aliphatic rings. The number of aryl methyl sites for hydroxylation is 1. The summed E-state index contributed by atoms with van der Waals surface area (Å²) in [5.41, 5.74) is -0.562. The molecule has 2 heterocycles. The molecule has 2 N–H and O–H groups in total. The largest absolute Gasteiger partial charge is 0.465 e. The number of aromatic amines is 1. The van der Waals surface area contributed by atoms with E-state index < -0.39 is 17.2 Å². The van der Waals surface area contributed by atoms with Gasteiger partial charge in [0.25, 0.3) is 5.56 Å². The first-order chi connectivity index (χ1) is 12.4. The number of nitrogens with zero attached hydrogens (tertiary/aromatic N) is 3. The summed E-state index contributed by atoms with van der Waals surface area (Å²) in [5, 5.41) is 0. The lowest BCUT2D eigenvalue weighted by Gasteiger charge is -2.18. The number of nitrogens with one attached hydrogen (secondary N) is 2. The maximum absolute atomic E-state index is 12.4. The number of H-pyrrole nitrogens is 1. The van der Waals surface area contributed by atoms with Crippen molar-refractivity contribution in [3.8, 4) is 0 Å². The first kappa shape index (κ1) is 19.9. The summed E-state index contributed by atoms with van der Waals surface area (Å²) in [6, 6.07) is 0. The monoisotopic (exact) mass is 366 g/mol. The van der Waals surface area contributed by atoms with Crippen molar-refractivity contribution in [2.24, 2.45) is 7.05 Å². The van der Waals surface area contributed by atoms with Crippen LogP contribution in [-0.2, 0) is 29.7 Å². The average molecular weight is 366 g/mol. The first-order valence-electron chi connectivity index (χ1n) is 9.10. The van der Waals surface area contributed by atoms with Gasteiger partial charge in [0.15, 0.2) is 17.0 Å². The smallest absolute Gasteiger partial charge is 0.329 e. The van der Waals surface area contributed by atoms with Crippen molar-refractivity contribution in [3.63, 3.8) is 0 Å². The summed E-state index contributed by atoms with van der Waals surface area (Å²) in [6.07, 6.45) is 2.04. The van der Waals surface area contributed by atoms with E-state index in [1.165, 1.54) is 9.47 Å². The van der Waals surface area contributed by atoms with Gasteiger partial charge in [-0.3, -0.25) is 19.1 Å². The Hall–Kier alpha value is -2.42. The number of esters is 1. The molecule has 26 heavy (non-hydrogen) atoms. The highest BCUT2D eigenvalue weighted by molar-refractivity contribution is 5.75. The van der Waals surface area contributed by atoms with E-state index in [0.717, 1.165) is 25.9 Å². The minimum atomic E-state index is -0.543. The molecule has 0 radical (unpaired) electrons. The lowest BCUT2D eigenvalue weighted by Crippen LogP contribution is -3.10. The van der Waals surface area contributed by atoms with E-state index in [9.17, 15) is 14.4 Å². The Morgan fingerprint density at radius 1 is 1.19 bits per heavy atom. The van der Waals surface area contributed by atoms with Crippen molar-refractivity contribution < 1.29 is 14.4 Å². The minimum absolute atomic E-state index is 0.105. The Kier molecular flexibility index (Phi) is 6.73. The van der Waals surface area contributed by atoms with Crippen molar-refractivity contribution in [2.75, 3.05) is 19.7 Å². The summed E-state index contributed by atoms with van der Waals surface area (Å²) in [5.74, 6) is 0.172. The van der Waals surface area contributed by atoms with Crippen molar-refractivity contribution in [1.29, 1.82) is 0 Å². The van der Waals surface area contributed by atoms with Crippen LogP contribution in [0, 0.1) is 0 Å². The Balaban J connectivity index is 2.57. The van der Waals surface area contributed by atoms with E-state index in [1.54, 1.807) is 18.5 Å². The highest BCUT2D eigenvalue weighted by Gasteiger charge is 2.22. The molecule has 2 rings (SSSR count). The van der Waals surface area contributed by atoms with E-state index in [-0.39, 0.29) is 24.3 Å². The fraction of sp³-hybridized carbons (Fsp3) is 0.647. The molecule has 0 aliphatic carbocycles. The number of carbonyl (C=O) groups excluding carboxylic acids is 1. The molecule has 2 aromatic rings. The predicted molar refractivity (Wildman–Crippen MR) is 97.2 cm³/mol. The number of hydrogen-bond acceptors (Lipinski definition) is 5. The van der Waals surface area contributed by atoms with Crippen molar-refractivity contribution in [3.05, 3.63) is 26.7 Å². The van der Waals surface area contributed by atoms with Gasteiger partial charge in [0.1, 0.15) is 13.1 Å². The van der Waals surface area contributed by atoms with E-state index in [2.05, 4.69) is 23.8 Å². The zero-order valence-corrected chi connectivity index (χ0v) is 15.9. The normalized spacial score (nSPS) is 11.4. The molecule has 0 aliphatic heterocycles. The van der Waals surface area contributed by atoms with Gasteiger partial charge in [0.2, 0.25) is 0 Å². The second-order valence-corrected chi connectivity index (χ2v) is 6.34. The lowest BCUT2D eigenvalue weighted by atomic mass is 10.3. The number of carbonyl (C=O) groups is 1. The van der Waals surface area contributed by atoms with Crippen LogP contribution in [0.3, 0.4) is 0 Å². The summed E-state index contributed by atoms with van der Waals surface area (Å²) < 4.78 is 7.91. The summed E-state index contributed by atoms with van der Waals surface area (Å²) >= 11 is 0. The fourth-order valence-corrected chi connectivity index (χ4v) is 3.15. The Morgan fingerprint density at radius 2 is 1.85 bits per heavy atom. The van der Waals surface area contributed by atoms with Crippen LogP contribution in [0.1, 0.15) is 39.4 Å². The predicted octanol–water partition coefficient (Wildman–Crippen LogP) is -0.809. The van der Waals surface area contributed by atoms with Crippen molar-refractivity contribution in [1.82, 2.24) is 19.1 Å². The molecule has 144 valence electrons. The zero-order chi connectivity index (χ0) is 19.3. The third-order valence-electron chi connectivity index (χ3n) is 4.29. The Bertz CT molecular complexity index is 874. The Labute approximate surface area is 151 Å². The molecular weight excluding hydrogens is 338 g/mol. The van der Waals surface area contributed by atoms with Crippen molar-refractivity contribution >= 4 is 17.1 Å². The molecule has 0 fully saturated rings. The molecule has 9 nitrogen and oxygen atoms in total. The fourth-order valence-electron chi connectivity index (χ4n) is 3.15. The zero-order valence-electron chi connectivity index (χ0n) is 15.9. The van der Waals surface area contributed by atoms with Gasteiger partial charge in [-0.2, -0.15) is 0 Å². The Morgan fingerprint density at radius 3 is 2.42 bits per heavy atom. The number of rotatable bonds is 9. The van der Waals surface area contributed by atoms with Crippen LogP contribution in [0.25, 0.3) is 11.2 Å². The van der Waals surface area contributed by atoms with Crippen LogP contribution >= 0.6 is 0 Å². The third-order valence-corrected chi connectivity index (χ3v) is 4.29. The van der Waals surface area contributed by atoms with Gasteiger partial charge in [-0.25, -0.2) is 9.78 Å². The molecule has 0 amide bonds. The van der Waals surface area contributed by atoms with Crippen LogP contribution < -0.4 is 16.1 Å². The SMILES string of the molecule is CCC[NH+](CCC)Cc1nc2c(c(=O)[nH]c(=O)n2C)n1CC(=O)OCC. The molecule has 0 unspecified atom stereocenters. The first-order valence-corrected chi connectivity index (χ1v) is 9.10. The number of ether oxygens (including phenoxy) is 1. The molecule has 2 aromatic heterocycles. The number of imidazole rings is 1. The molecule has 0 bridgehead atoms. The van der Waals surface area contributed by atoms with E-state index >= 15 is 0 Å². The molecule has 0 saturated heterocycles. The number of hydrogen-bond donors (Lipinski definition) is 2. The summed E-state index contributed by atoms with van der Waals surface area (Å²) in [4.78, 5) is 44.4. The van der Waals surface area contributed by atoms with Gasteiger partial charge in [0.05, 0.1) is 19.7 Å². The van der Waals surface area contributed by atoms with E-state index in [4.69, 9.17) is 4.74 Å². The van der Waals surface area contributed by atoms with Crippen molar-refractivity contribution in [2.45, 2.75) is 46.7 Å². The van der Waals surface area contributed by atoms with Crippen LogP contribution in [0.15, 0.2) is 9.59 Å². The minimum Gasteiger partial charge on any atom is -0.465 e. The topological polar surface area (TPSA) is 103 Å². The molecule has 0 atom stereocenters. The quantitative estimate of drug-likeness (QED) is 0.565. The van der Waals surface area contributed by atoms with Crippen LogP contribution in [0.5, 0.6) is 0 Å². The maximum Gasteiger partial charge on any atom is 0.329 e. The summed E-state index contributed by atoms with van der Waals surface area (Å²) in [6.45, 7) is 8.62. The maximum atomic E-state index is 12.4. The van der Waals surface area contributed by atoms with Crippen LogP contribution in [-0.4, -0.2) is 44.8 Å².